The molecule has 0 radical (unpaired) electrons. The van der Waals surface area contributed by atoms with Crippen LogP contribution in [0.25, 0.3) is 0 Å². The molecule has 1 aromatic carbocycles. The van der Waals surface area contributed by atoms with Gasteiger partial charge in [0, 0.05) is 18.3 Å². The van der Waals surface area contributed by atoms with Gasteiger partial charge >= 0.3 is 0 Å². The molecule has 2 aromatic rings. The maximum Gasteiger partial charge on any atom is 0.123 e. The topological polar surface area (TPSA) is 29.9 Å². The van der Waals surface area contributed by atoms with E-state index in [4.69, 9.17) is 0 Å². The molecule has 0 saturated carbocycles. The molecule has 1 N–H and O–H groups in total. The number of aromatic nitrogens is 2. The van der Waals surface area contributed by atoms with Crippen molar-refractivity contribution in [2.75, 3.05) is 6.54 Å². The summed E-state index contributed by atoms with van der Waals surface area (Å²) in [6, 6.07) is 6.64. The highest BCUT2D eigenvalue weighted by Gasteiger charge is 2.05. The van der Waals surface area contributed by atoms with E-state index in [1.807, 2.05) is 23.9 Å². The molecule has 0 saturated heterocycles. The lowest BCUT2D eigenvalue weighted by atomic mass is 10.2. The lowest BCUT2D eigenvalue weighted by molar-refractivity contribution is 0.618. The fraction of sp³-hybridized carbons (Fsp3) is 0.400. The molecule has 3 nitrogen and oxygen atoms in total. The van der Waals surface area contributed by atoms with Gasteiger partial charge in [0.15, 0.2) is 0 Å². The molecular formula is C15H20FN3. The van der Waals surface area contributed by atoms with Gasteiger partial charge in [-0.1, -0.05) is 19.1 Å². The van der Waals surface area contributed by atoms with Crippen molar-refractivity contribution in [3.8, 4) is 0 Å². The van der Waals surface area contributed by atoms with Gasteiger partial charge in [0.05, 0.1) is 12.2 Å². The van der Waals surface area contributed by atoms with E-state index in [1.54, 1.807) is 12.1 Å². The van der Waals surface area contributed by atoms with Crippen molar-refractivity contribution in [1.29, 1.82) is 0 Å². The Balaban J connectivity index is 2.03. The predicted octanol–water partition coefficient (Wildman–Crippen LogP) is 2.88. The lowest BCUT2D eigenvalue weighted by Crippen LogP contribution is -2.13. The molecule has 1 heterocycles. The summed E-state index contributed by atoms with van der Waals surface area (Å²) in [7, 11) is 0. The average Bonchev–Trinajstić information content (AvgIpc) is 2.70. The molecule has 0 atom stereocenters. The van der Waals surface area contributed by atoms with Crippen LogP contribution >= 0.6 is 0 Å². The first-order chi connectivity index (χ1) is 9.19. The summed E-state index contributed by atoms with van der Waals surface area (Å²) in [6.45, 7) is 6.60. The molecule has 0 aliphatic heterocycles. The summed E-state index contributed by atoms with van der Waals surface area (Å²) in [5, 5.41) is 7.83. The molecule has 0 aliphatic carbocycles. The summed E-state index contributed by atoms with van der Waals surface area (Å²) >= 11 is 0. The second-order valence-corrected chi connectivity index (χ2v) is 4.74. The Labute approximate surface area is 113 Å². The quantitative estimate of drug-likeness (QED) is 0.810. The highest BCUT2D eigenvalue weighted by molar-refractivity contribution is 5.19. The number of rotatable bonds is 6. The zero-order valence-electron chi connectivity index (χ0n) is 11.5. The van der Waals surface area contributed by atoms with Crippen LogP contribution in [0.1, 0.15) is 30.2 Å². The molecule has 2 rings (SSSR count). The van der Waals surface area contributed by atoms with Crippen LogP contribution in [-0.2, 0) is 13.1 Å². The molecule has 0 unspecified atom stereocenters. The maximum atomic E-state index is 13.1. The normalized spacial score (nSPS) is 10.9. The minimum Gasteiger partial charge on any atom is -0.313 e. The van der Waals surface area contributed by atoms with Crippen LogP contribution in [-0.4, -0.2) is 16.3 Å². The van der Waals surface area contributed by atoms with E-state index in [0.717, 1.165) is 30.8 Å². The zero-order valence-corrected chi connectivity index (χ0v) is 11.5. The number of nitrogens with zero attached hydrogens (tertiary/aromatic N) is 2. The van der Waals surface area contributed by atoms with Gasteiger partial charge in [-0.25, -0.2) is 4.39 Å². The van der Waals surface area contributed by atoms with Gasteiger partial charge in [-0.2, -0.15) is 5.10 Å². The van der Waals surface area contributed by atoms with Crippen LogP contribution in [0.4, 0.5) is 4.39 Å². The minimum atomic E-state index is -0.203. The van der Waals surface area contributed by atoms with Gasteiger partial charge in [-0.05, 0) is 37.6 Å². The molecule has 102 valence electrons. The smallest absolute Gasteiger partial charge is 0.123 e. The Morgan fingerprint density at radius 3 is 2.95 bits per heavy atom. The third-order valence-electron chi connectivity index (χ3n) is 3.02. The number of nitrogens with one attached hydrogen (secondary N) is 1. The SMILES string of the molecule is CCCNCc1cn(Cc2cccc(F)c2)nc1C. The van der Waals surface area contributed by atoms with Crippen molar-refractivity contribution in [2.24, 2.45) is 0 Å². The third kappa shape index (κ3) is 3.89. The van der Waals surface area contributed by atoms with E-state index in [0.29, 0.717) is 6.54 Å². The Morgan fingerprint density at radius 1 is 1.37 bits per heavy atom. The molecule has 1 aromatic heterocycles. The van der Waals surface area contributed by atoms with E-state index in [-0.39, 0.29) is 5.82 Å². The summed E-state index contributed by atoms with van der Waals surface area (Å²) < 4.78 is 15.0. The minimum absolute atomic E-state index is 0.203. The maximum absolute atomic E-state index is 13.1. The number of aryl methyl sites for hydroxylation is 1. The number of benzene rings is 1. The van der Waals surface area contributed by atoms with Crippen LogP contribution in [0.5, 0.6) is 0 Å². The number of hydrogen-bond donors (Lipinski definition) is 1. The first kappa shape index (κ1) is 13.7. The van der Waals surface area contributed by atoms with Gasteiger partial charge in [-0.15, -0.1) is 0 Å². The zero-order chi connectivity index (χ0) is 13.7. The van der Waals surface area contributed by atoms with E-state index in [1.165, 1.54) is 11.6 Å². The predicted molar refractivity (Wildman–Crippen MR) is 74.5 cm³/mol. The van der Waals surface area contributed by atoms with E-state index >= 15 is 0 Å². The molecular weight excluding hydrogens is 241 g/mol. The third-order valence-corrected chi connectivity index (χ3v) is 3.02. The fourth-order valence-corrected chi connectivity index (χ4v) is 2.04. The van der Waals surface area contributed by atoms with Crippen molar-refractivity contribution >= 4 is 0 Å². The number of halogens is 1. The van der Waals surface area contributed by atoms with Gasteiger partial charge in [-0.3, -0.25) is 4.68 Å². The van der Waals surface area contributed by atoms with E-state index in [2.05, 4.69) is 17.3 Å². The molecule has 0 fully saturated rings. The Hall–Kier alpha value is -1.68. The highest BCUT2D eigenvalue weighted by atomic mass is 19.1. The monoisotopic (exact) mass is 261 g/mol. The van der Waals surface area contributed by atoms with Crippen LogP contribution in [0.3, 0.4) is 0 Å². The van der Waals surface area contributed by atoms with Crippen molar-refractivity contribution < 1.29 is 4.39 Å². The highest BCUT2D eigenvalue weighted by Crippen LogP contribution is 2.09. The Kier molecular flexibility index (Phi) is 4.68. The summed E-state index contributed by atoms with van der Waals surface area (Å²) in [4.78, 5) is 0. The summed E-state index contributed by atoms with van der Waals surface area (Å²) in [6.07, 6.45) is 3.15. The molecule has 0 spiro atoms. The largest absolute Gasteiger partial charge is 0.313 e. The number of hydrogen-bond acceptors (Lipinski definition) is 2. The van der Waals surface area contributed by atoms with Crippen LogP contribution < -0.4 is 5.32 Å². The van der Waals surface area contributed by atoms with Crippen LogP contribution in [0.2, 0.25) is 0 Å². The van der Waals surface area contributed by atoms with Crippen molar-refractivity contribution in [3.05, 3.63) is 53.1 Å². The van der Waals surface area contributed by atoms with Gasteiger partial charge in [0.1, 0.15) is 5.82 Å². The first-order valence-corrected chi connectivity index (χ1v) is 6.67. The standard InChI is InChI=1S/C15H20FN3/c1-3-7-17-9-14-11-19(18-12(14)2)10-13-5-4-6-15(16)8-13/h4-6,8,11,17H,3,7,9-10H2,1-2H3. The second-order valence-electron chi connectivity index (χ2n) is 4.74. The molecule has 0 amide bonds. The van der Waals surface area contributed by atoms with E-state index in [9.17, 15) is 4.39 Å². The molecule has 4 heteroatoms. The Morgan fingerprint density at radius 2 is 2.21 bits per heavy atom. The first-order valence-electron chi connectivity index (χ1n) is 6.67. The summed E-state index contributed by atoms with van der Waals surface area (Å²) in [5.74, 6) is -0.203. The fourth-order valence-electron chi connectivity index (χ4n) is 2.04. The molecule has 0 aliphatic rings. The van der Waals surface area contributed by atoms with E-state index < -0.39 is 0 Å². The van der Waals surface area contributed by atoms with Crippen molar-refractivity contribution in [2.45, 2.75) is 33.4 Å². The van der Waals surface area contributed by atoms with Crippen LogP contribution in [0, 0.1) is 12.7 Å². The Bertz CT molecular complexity index is 534. The van der Waals surface area contributed by atoms with Crippen molar-refractivity contribution in [3.63, 3.8) is 0 Å². The van der Waals surface area contributed by atoms with Crippen molar-refractivity contribution in [1.82, 2.24) is 15.1 Å². The second kappa shape index (κ2) is 6.48. The van der Waals surface area contributed by atoms with Crippen LogP contribution in [0.15, 0.2) is 30.5 Å². The van der Waals surface area contributed by atoms with Gasteiger partial charge in [0.25, 0.3) is 0 Å². The van der Waals surface area contributed by atoms with Gasteiger partial charge < -0.3 is 5.32 Å². The van der Waals surface area contributed by atoms with Gasteiger partial charge in [0.2, 0.25) is 0 Å². The molecule has 0 bridgehead atoms. The summed E-state index contributed by atoms with van der Waals surface area (Å²) in [5.41, 5.74) is 3.15. The lowest BCUT2D eigenvalue weighted by Gasteiger charge is -2.02. The average molecular weight is 261 g/mol. The molecule has 19 heavy (non-hydrogen) atoms.